The molecule has 0 atom stereocenters. The van der Waals surface area contributed by atoms with E-state index < -0.39 is 5.97 Å². The highest BCUT2D eigenvalue weighted by Crippen LogP contribution is 2.26. The van der Waals surface area contributed by atoms with Crippen molar-refractivity contribution < 1.29 is 14.7 Å². The molecular weight excluding hydrogens is 252 g/mol. The second-order valence-corrected chi connectivity index (χ2v) is 5.44. The van der Waals surface area contributed by atoms with Crippen LogP contribution in [0.15, 0.2) is 5.38 Å². The van der Waals surface area contributed by atoms with Crippen LogP contribution < -0.4 is 11.1 Å². The molecule has 1 aliphatic carbocycles. The maximum absolute atomic E-state index is 12.1. The van der Waals surface area contributed by atoms with E-state index in [1.807, 2.05) is 0 Å². The fourth-order valence-corrected chi connectivity index (χ4v) is 3.10. The summed E-state index contributed by atoms with van der Waals surface area (Å²) in [5, 5.41) is 13.8. The second kappa shape index (κ2) is 5.39. The highest BCUT2D eigenvalue weighted by Gasteiger charge is 2.23. The normalized spacial score (nSPS) is 15.8. The average Bonchev–Trinajstić information content (AvgIpc) is 2.88. The number of nitrogens with two attached hydrogens (primary N) is 1. The molecule has 0 spiro atoms. The zero-order chi connectivity index (χ0) is 13.1. The molecule has 0 unspecified atom stereocenters. The molecule has 2 rings (SSSR count). The van der Waals surface area contributed by atoms with Crippen LogP contribution in [0.5, 0.6) is 0 Å². The van der Waals surface area contributed by atoms with E-state index in [1.54, 1.807) is 5.38 Å². The van der Waals surface area contributed by atoms with Crippen molar-refractivity contribution >= 4 is 28.2 Å². The minimum Gasteiger partial charge on any atom is -0.481 e. The summed E-state index contributed by atoms with van der Waals surface area (Å²) >= 11 is 1.21. The Kier molecular flexibility index (Phi) is 3.86. The van der Waals surface area contributed by atoms with Crippen LogP contribution in [0.3, 0.4) is 0 Å². The quantitative estimate of drug-likeness (QED) is 0.773. The molecule has 1 aliphatic rings. The number of hydrogen-bond donors (Lipinski definition) is 3. The van der Waals surface area contributed by atoms with Gasteiger partial charge in [0.1, 0.15) is 0 Å². The van der Waals surface area contributed by atoms with Crippen LogP contribution in [-0.2, 0) is 11.2 Å². The number of anilines is 1. The van der Waals surface area contributed by atoms with Gasteiger partial charge in [0.05, 0.1) is 17.0 Å². The largest absolute Gasteiger partial charge is 0.481 e. The number of hydrogen-bond acceptors (Lipinski definition) is 4. The molecule has 18 heavy (non-hydrogen) atoms. The van der Waals surface area contributed by atoms with Gasteiger partial charge in [-0.2, -0.15) is 0 Å². The molecule has 1 amide bonds. The van der Waals surface area contributed by atoms with Crippen LogP contribution in [0, 0.1) is 0 Å². The summed E-state index contributed by atoms with van der Waals surface area (Å²) in [6.07, 6.45) is 4.08. The van der Waals surface area contributed by atoms with Gasteiger partial charge < -0.3 is 16.2 Å². The van der Waals surface area contributed by atoms with E-state index in [0.717, 1.165) is 25.7 Å². The van der Waals surface area contributed by atoms with Gasteiger partial charge in [0, 0.05) is 6.04 Å². The van der Waals surface area contributed by atoms with E-state index in [2.05, 4.69) is 5.32 Å². The van der Waals surface area contributed by atoms with Gasteiger partial charge in [-0.1, -0.05) is 12.8 Å². The van der Waals surface area contributed by atoms with Crippen LogP contribution in [0.2, 0.25) is 0 Å². The van der Waals surface area contributed by atoms with Gasteiger partial charge in [-0.25, -0.2) is 0 Å². The number of carboxylic acid groups (broad SMARTS) is 1. The predicted octanol–water partition coefficient (Wildman–Crippen LogP) is 1.63. The number of carboxylic acids is 1. The Morgan fingerprint density at radius 1 is 1.44 bits per heavy atom. The van der Waals surface area contributed by atoms with Gasteiger partial charge in [0.15, 0.2) is 0 Å². The van der Waals surface area contributed by atoms with E-state index in [1.165, 1.54) is 11.3 Å². The molecule has 1 saturated carbocycles. The van der Waals surface area contributed by atoms with Crippen molar-refractivity contribution in [1.29, 1.82) is 0 Å². The molecule has 1 fully saturated rings. The molecule has 1 heterocycles. The van der Waals surface area contributed by atoms with Crippen LogP contribution in [0.4, 0.5) is 5.00 Å². The molecule has 0 radical (unpaired) electrons. The lowest BCUT2D eigenvalue weighted by Crippen LogP contribution is -2.33. The summed E-state index contributed by atoms with van der Waals surface area (Å²) in [5.41, 5.74) is 6.60. The first-order valence-corrected chi connectivity index (χ1v) is 6.84. The third kappa shape index (κ3) is 2.81. The van der Waals surface area contributed by atoms with Crippen molar-refractivity contribution in [3.8, 4) is 0 Å². The Morgan fingerprint density at radius 2 is 2.11 bits per heavy atom. The van der Waals surface area contributed by atoms with Crippen molar-refractivity contribution in [2.75, 3.05) is 5.73 Å². The first kappa shape index (κ1) is 12.9. The standard InChI is InChI=1S/C12H16N2O3S/c13-11-10(7(6-18-11)5-9(15)16)12(17)14-8-3-1-2-4-8/h6,8H,1-5,13H2,(H,14,17)(H,15,16). The van der Waals surface area contributed by atoms with Gasteiger partial charge in [-0.3, -0.25) is 9.59 Å². The van der Waals surface area contributed by atoms with Crippen LogP contribution in [-0.4, -0.2) is 23.0 Å². The Morgan fingerprint density at radius 3 is 2.72 bits per heavy atom. The first-order chi connectivity index (χ1) is 8.58. The zero-order valence-corrected chi connectivity index (χ0v) is 10.8. The summed E-state index contributed by atoms with van der Waals surface area (Å²) in [6.45, 7) is 0. The lowest BCUT2D eigenvalue weighted by molar-refractivity contribution is -0.136. The molecule has 98 valence electrons. The van der Waals surface area contributed by atoms with Gasteiger partial charge in [-0.15, -0.1) is 11.3 Å². The molecule has 1 aromatic heterocycles. The van der Waals surface area contributed by atoms with E-state index in [9.17, 15) is 9.59 Å². The number of nitrogens with one attached hydrogen (secondary N) is 1. The molecule has 6 heteroatoms. The van der Waals surface area contributed by atoms with Crippen LogP contribution in [0.1, 0.15) is 41.6 Å². The smallest absolute Gasteiger partial charge is 0.307 e. The van der Waals surface area contributed by atoms with Crippen molar-refractivity contribution in [3.63, 3.8) is 0 Å². The van der Waals surface area contributed by atoms with E-state index in [-0.39, 0.29) is 18.4 Å². The van der Waals surface area contributed by atoms with Crippen molar-refractivity contribution in [3.05, 3.63) is 16.5 Å². The summed E-state index contributed by atoms with van der Waals surface area (Å²) in [4.78, 5) is 22.8. The highest BCUT2D eigenvalue weighted by molar-refractivity contribution is 7.14. The molecule has 1 aromatic rings. The third-order valence-corrected chi connectivity index (χ3v) is 4.02. The molecule has 5 nitrogen and oxygen atoms in total. The van der Waals surface area contributed by atoms with Gasteiger partial charge in [0.2, 0.25) is 0 Å². The predicted molar refractivity (Wildman–Crippen MR) is 69.8 cm³/mol. The molecular formula is C12H16N2O3S. The lowest BCUT2D eigenvalue weighted by Gasteiger charge is -2.12. The number of rotatable bonds is 4. The summed E-state index contributed by atoms with van der Waals surface area (Å²) < 4.78 is 0. The van der Waals surface area contributed by atoms with E-state index in [4.69, 9.17) is 10.8 Å². The monoisotopic (exact) mass is 268 g/mol. The highest BCUT2D eigenvalue weighted by atomic mass is 32.1. The number of amides is 1. The maximum atomic E-state index is 12.1. The summed E-state index contributed by atoms with van der Waals surface area (Å²) in [6, 6.07) is 0.203. The topological polar surface area (TPSA) is 92.4 Å². The fraction of sp³-hybridized carbons (Fsp3) is 0.500. The van der Waals surface area contributed by atoms with Crippen LogP contribution in [0.25, 0.3) is 0 Å². The third-order valence-electron chi connectivity index (χ3n) is 3.15. The number of aliphatic carboxylic acids is 1. The van der Waals surface area contributed by atoms with Crippen molar-refractivity contribution in [2.24, 2.45) is 0 Å². The van der Waals surface area contributed by atoms with Crippen LogP contribution >= 0.6 is 11.3 Å². The molecule has 0 aliphatic heterocycles. The summed E-state index contributed by atoms with van der Waals surface area (Å²) in [5.74, 6) is -1.19. The van der Waals surface area contributed by atoms with Gasteiger partial charge in [0.25, 0.3) is 5.91 Å². The minimum absolute atomic E-state index is 0.166. The van der Waals surface area contributed by atoms with Gasteiger partial charge in [-0.05, 0) is 23.8 Å². The number of carbonyl (C=O) groups is 2. The molecule has 4 N–H and O–H groups in total. The van der Waals surface area contributed by atoms with Crippen molar-refractivity contribution in [1.82, 2.24) is 5.32 Å². The average molecular weight is 268 g/mol. The SMILES string of the molecule is Nc1scc(CC(=O)O)c1C(=O)NC1CCCC1. The van der Waals surface area contributed by atoms with E-state index in [0.29, 0.717) is 16.1 Å². The van der Waals surface area contributed by atoms with E-state index >= 15 is 0 Å². The molecule has 0 saturated heterocycles. The second-order valence-electron chi connectivity index (χ2n) is 4.53. The number of nitrogen functional groups attached to an aromatic ring is 1. The minimum atomic E-state index is -0.956. The Balaban J connectivity index is 2.12. The Hall–Kier alpha value is -1.56. The zero-order valence-electron chi connectivity index (χ0n) is 9.94. The number of carbonyl (C=O) groups excluding carboxylic acids is 1. The Labute approximate surface area is 109 Å². The van der Waals surface area contributed by atoms with Gasteiger partial charge >= 0.3 is 5.97 Å². The Bertz CT molecular complexity index is 464. The maximum Gasteiger partial charge on any atom is 0.307 e. The number of thiophene rings is 1. The molecule has 0 aromatic carbocycles. The van der Waals surface area contributed by atoms with Crippen molar-refractivity contribution in [2.45, 2.75) is 38.1 Å². The fourth-order valence-electron chi connectivity index (χ4n) is 2.29. The lowest BCUT2D eigenvalue weighted by atomic mass is 10.1. The molecule has 0 bridgehead atoms. The summed E-state index contributed by atoms with van der Waals surface area (Å²) in [7, 11) is 0. The first-order valence-electron chi connectivity index (χ1n) is 5.96.